The van der Waals surface area contributed by atoms with Crippen LogP contribution in [0.25, 0.3) is 0 Å². The molecule has 0 saturated heterocycles. The molecule has 4 N–H and O–H groups in total. The summed E-state index contributed by atoms with van der Waals surface area (Å²) in [5.41, 5.74) is 0.352. The molecule has 0 aromatic carbocycles. The SMILES string of the molecule is C=C(C)C(=O)O.C=C(C)C(=O)O.O=[P+](O)O. The highest BCUT2D eigenvalue weighted by Gasteiger charge is 1.93. The van der Waals surface area contributed by atoms with Crippen LogP contribution in [0.1, 0.15) is 13.8 Å². The number of carboxylic acid groups (broad SMARTS) is 2. The maximum atomic E-state index is 9.60. The summed E-state index contributed by atoms with van der Waals surface area (Å²) in [4.78, 5) is 33.4. The molecule has 0 amide bonds. The first-order valence-corrected chi connectivity index (χ1v) is 4.81. The highest BCUT2D eigenvalue weighted by atomic mass is 31.1. The number of carbonyl (C=O) groups is 2. The quantitative estimate of drug-likeness (QED) is 0.425. The van der Waals surface area contributed by atoms with Crippen molar-refractivity contribution in [3.8, 4) is 0 Å². The van der Waals surface area contributed by atoms with E-state index in [1.165, 1.54) is 13.8 Å². The van der Waals surface area contributed by atoms with Gasteiger partial charge in [0.25, 0.3) is 0 Å². The van der Waals surface area contributed by atoms with Crippen LogP contribution in [0.5, 0.6) is 0 Å². The third kappa shape index (κ3) is 39.3. The average Bonchev–Trinajstić information content (AvgIpc) is 2.03. The predicted octanol–water partition coefficient (Wildman–Crippen LogP) is 0.923. The Bertz CT molecular complexity index is 243. The second kappa shape index (κ2) is 11.5. The van der Waals surface area contributed by atoms with Crippen molar-refractivity contribution >= 4 is 20.2 Å². The van der Waals surface area contributed by atoms with E-state index in [4.69, 9.17) is 24.6 Å². The summed E-state index contributed by atoms with van der Waals surface area (Å²) in [6.07, 6.45) is 0. The first-order chi connectivity index (χ1) is 7.02. The normalized spacial score (nSPS) is 7.25. The summed E-state index contributed by atoms with van der Waals surface area (Å²) in [5, 5.41) is 15.8. The van der Waals surface area contributed by atoms with Crippen LogP contribution >= 0.6 is 8.25 Å². The zero-order valence-corrected chi connectivity index (χ0v) is 9.77. The molecule has 0 atom stereocenters. The molecule has 0 aliphatic rings. The summed E-state index contributed by atoms with van der Waals surface area (Å²) in [7, 11) is -2.87. The molecule has 0 fully saturated rings. The Morgan fingerprint density at radius 3 is 1.00 bits per heavy atom. The van der Waals surface area contributed by atoms with Gasteiger partial charge in [0.15, 0.2) is 0 Å². The van der Waals surface area contributed by atoms with Gasteiger partial charge < -0.3 is 10.2 Å². The molecule has 8 heteroatoms. The second-order valence-electron chi connectivity index (χ2n) is 2.42. The molecule has 7 nitrogen and oxygen atoms in total. The van der Waals surface area contributed by atoms with Crippen LogP contribution < -0.4 is 0 Å². The predicted molar refractivity (Wildman–Crippen MR) is 56.9 cm³/mol. The molecule has 0 radical (unpaired) electrons. The number of hydrogen-bond donors (Lipinski definition) is 4. The summed E-state index contributed by atoms with van der Waals surface area (Å²) < 4.78 is 8.70. The van der Waals surface area contributed by atoms with Gasteiger partial charge in [-0.3, -0.25) is 0 Å². The lowest BCUT2D eigenvalue weighted by molar-refractivity contribution is -0.133. The van der Waals surface area contributed by atoms with Crippen LogP contribution in [-0.2, 0) is 14.2 Å². The van der Waals surface area contributed by atoms with Gasteiger partial charge in [0.05, 0.1) is 0 Å². The van der Waals surface area contributed by atoms with Crippen LogP contribution in [0.2, 0.25) is 0 Å². The number of carboxylic acids is 2. The summed E-state index contributed by atoms with van der Waals surface area (Å²) in [6, 6.07) is 0. The van der Waals surface area contributed by atoms with Crippen molar-refractivity contribution < 1.29 is 34.2 Å². The second-order valence-corrected chi connectivity index (χ2v) is 2.93. The molecular formula is C8H14O7P+. The standard InChI is InChI=1S/2C4H6O2.HO3P/c2*1-3(2)4(5)6;1-4(2)3/h2*1H2,2H3,(H,5,6);(H-,1,2,3)/p+1. The van der Waals surface area contributed by atoms with E-state index in [0.29, 0.717) is 0 Å². The van der Waals surface area contributed by atoms with Crippen molar-refractivity contribution in [2.75, 3.05) is 0 Å². The average molecular weight is 253 g/mol. The van der Waals surface area contributed by atoms with E-state index in [1.807, 2.05) is 0 Å². The fraction of sp³-hybridized carbons (Fsp3) is 0.250. The van der Waals surface area contributed by atoms with Crippen molar-refractivity contribution in [2.45, 2.75) is 13.8 Å². The monoisotopic (exact) mass is 253 g/mol. The number of aliphatic carboxylic acids is 2. The van der Waals surface area contributed by atoms with E-state index in [-0.39, 0.29) is 11.1 Å². The first kappa shape index (κ1) is 19.9. The highest BCUT2D eigenvalue weighted by Crippen LogP contribution is 1.98. The molecule has 0 heterocycles. The molecule has 0 aliphatic heterocycles. The van der Waals surface area contributed by atoms with Crippen LogP contribution in [0, 0.1) is 0 Å². The summed E-state index contributed by atoms with van der Waals surface area (Å²) >= 11 is 0. The van der Waals surface area contributed by atoms with E-state index in [2.05, 4.69) is 13.2 Å². The third-order valence-electron chi connectivity index (χ3n) is 0.730. The molecular weight excluding hydrogens is 239 g/mol. The molecule has 0 rings (SSSR count). The minimum absolute atomic E-state index is 0.176. The van der Waals surface area contributed by atoms with Crippen LogP contribution in [-0.4, -0.2) is 31.9 Å². The van der Waals surface area contributed by atoms with Gasteiger partial charge in [-0.25, -0.2) is 9.59 Å². The number of hydrogen-bond acceptors (Lipinski definition) is 3. The molecule has 0 aromatic rings. The molecule has 16 heavy (non-hydrogen) atoms. The maximum absolute atomic E-state index is 9.60. The van der Waals surface area contributed by atoms with Gasteiger partial charge in [0.1, 0.15) is 0 Å². The third-order valence-corrected chi connectivity index (χ3v) is 0.730. The van der Waals surface area contributed by atoms with Crippen LogP contribution in [0.3, 0.4) is 0 Å². The van der Waals surface area contributed by atoms with Crippen LogP contribution in [0.4, 0.5) is 0 Å². The molecule has 92 valence electrons. The highest BCUT2D eigenvalue weighted by molar-refractivity contribution is 7.30. The fourth-order valence-electron chi connectivity index (χ4n) is 0. The smallest absolute Gasteiger partial charge is 0.478 e. The Morgan fingerprint density at radius 1 is 0.938 bits per heavy atom. The van der Waals surface area contributed by atoms with E-state index >= 15 is 0 Å². The lowest BCUT2D eigenvalue weighted by Gasteiger charge is -1.79. The van der Waals surface area contributed by atoms with E-state index in [9.17, 15) is 9.59 Å². The van der Waals surface area contributed by atoms with Crippen molar-refractivity contribution in [3.63, 3.8) is 0 Å². The van der Waals surface area contributed by atoms with E-state index in [1.54, 1.807) is 0 Å². The molecule has 0 aromatic heterocycles. The van der Waals surface area contributed by atoms with Crippen molar-refractivity contribution in [1.29, 1.82) is 0 Å². The van der Waals surface area contributed by atoms with Gasteiger partial charge in [0.2, 0.25) is 0 Å². The fourth-order valence-corrected chi connectivity index (χ4v) is 0. The summed E-state index contributed by atoms with van der Waals surface area (Å²) in [6.45, 7) is 9.20. The van der Waals surface area contributed by atoms with Crippen molar-refractivity contribution in [2.24, 2.45) is 0 Å². The molecule has 0 aliphatic carbocycles. The lowest BCUT2D eigenvalue weighted by atomic mass is 10.4. The summed E-state index contributed by atoms with van der Waals surface area (Å²) in [5.74, 6) is -1.87. The molecule has 0 spiro atoms. The van der Waals surface area contributed by atoms with E-state index in [0.717, 1.165) is 0 Å². The Morgan fingerprint density at radius 2 is 1.00 bits per heavy atom. The Balaban J connectivity index is -0.000000162. The first-order valence-electron chi connectivity index (χ1n) is 3.65. The number of rotatable bonds is 2. The van der Waals surface area contributed by atoms with Gasteiger partial charge in [-0.2, -0.15) is 0 Å². The maximum Gasteiger partial charge on any atom is 0.692 e. The van der Waals surface area contributed by atoms with Gasteiger partial charge in [0, 0.05) is 15.7 Å². The van der Waals surface area contributed by atoms with Crippen molar-refractivity contribution in [3.05, 3.63) is 24.3 Å². The van der Waals surface area contributed by atoms with Gasteiger partial charge in [-0.1, -0.05) is 13.2 Å². The largest absolute Gasteiger partial charge is 0.692 e. The van der Waals surface area contributed by atoms with Gasteiger partial charge in [-0.05, 0) is 13.8 Å². The lowest BCUT2D eigenvalue weighted by Crippen LogP contribution is -1.92. The zero-order valence-electron chi connectivity index (χ0n) is 8.88. The molecule has 0 bridgehead atoms. The molecule has 0 unspecified atom stereocenters. The van der Waals surface area contributed by atoms with Gasteiger partial charge in [-0.15, -0.1) is 9.79 Å². The topological polar surface area (TPSA) is 132 Å². The Labute approximate surface area is 93.3 Å². The zero-order chi connectivity index (χ0) is 13.9. The Kier molecular flexibility index (Phi) is 14.3. The molecule has 0 saturated carbocycles. The van der Waals surface area contributed by atoms with Crippen LogP contribution in [0.15, 0.2) is 24.3 Å². The van der Waals surface area contributed by atoms with Gasteiger partial charge >= 0.3 is 20.2 Å². The minimum atomic E-state index is -2.87. The van der Waals surface area contributed by atoms with E-state index < -0.39 is 20.2 Å². The Hall–Kier alpha value is -1.56. The minimum Gasteiger partial charge on any atom is -0.478 e. The van der Waals surface area contributed by atoms with Crippen molar-refractivity contribution in [1.82, 2.24) is 0 Å².